The quantitative estimate of drug-likeness (QED) is 0.617. The third-order valence-electron chi connectivity index (χ3n) is 1.80. The molecule has 1 aliphatic rings. The molecule has 0 radical (unpaired) electrons. The first-order valence-corrected chi connectivity index (χ1v) is 5.86. The summed E-state index contributed by atoms with van der Waals surface area (Å²) in [6, 6.07) is 3.33. The van der Waals surface area contributed by atoms with Gasteiger partial charge in [-0.15, -0.1) is 0 Å². The first-order valence-electron chi connectivity index (χ1n) is 3.76. The smallest absolute Gasteiger partial charge is 0.266 e. The van der Waals surface area contributed by atoms with Crippen LogP contribution in [0.5, 0.6) is 0 Å². The lowest BCUT2D eigenvalue weighted by atomic mass is 10.2. The van der Waals surface area contributed by atoms with Gasteiger partial charge < -0.3 is 0 Å². The van der Waals surface area contributed by atoms with Gasteiger partial charge in [0.25, 0.3) is 5.91 Å². The Balaban J connectivity index is 2.66. The number of nitrogens with zero attached hydrogens (tertiary/aromatic N) is 2. The first-order chi connectivity index (χ1) is 6.08. The van der Waals surface area contributed by atoms with E-state index in [1.807, 2.05) is 0 Å². The molecule has 1 aliphatic heterocycles. The fourth-order valence-electron chi connectivity index (χ4n) is 1.26. The van der Waals surface area contributed by atoms with Crippen LogP contribution in [0.15, 0.2) is 22.7 Å². The van der Waals surface area contributed by atoms with Crippen molar-refractivity contribution in [3.05, 3.63) is 29.6 Å². The van der Waals surface area contributed by atoms with Gasteiger partial charge in [-0.05, 0) is 12.1 Å². The molecule has 0 aromatic carbocycles. The van der Waals surface area contributed by atoms with Gasteiger partial charge in [-0.2, -0.15) is 4.36 Å². The summed E-state index contributed by atoms with van der Waals surface area (Å²) < 4.78 is 15.2. The highest BCUT2D eigenvalue weighted by molar-refractivity contribution is 7.92. The van der Waals surface area contributed by atoms with E-state index in [9.17, 15) is 9.00 Å². The fraction of sp³-hybridized carbons (Fsp3) is 0.250. The zero-order valence-corrected chi connectivity index (χ0v) is 7.87. The van der Waals surface area contributed by atoms with Crippen molar-refractivity contribution in [2.45, 2.75) is 5.75 Å². The Labute approximate surface area is 76.2 Å². The molecule has 0 fully saturated rings. The molecule has 1 atom stereocenters. The average molecular weight is 196 g/mol. The summed E-state index contributed by atoms with van der Waals surface area (Å²) in [5, 5.41) is 0. The number of carbonyl (C=O) groups excluding carboxylic acids is 1. The highest BCUT2D eigenvalue weighted by Gasteiger charge is 2.21. The lowest BCUT2D eigenvalue weighted by Gasteiger charge is -2.11. The van der Waals surface area contributed by atoms with Crippen LogP contribution in [-0.4, -0.2) is 21.4 Å². The Kier molecular flexibility index (Phi) is 1.69. The average Bonchev–Trinajstić information content (AvgIpc) is 2.02. The summed E-state index contributed by atoms with van der Waals surface area (Å²) >= 11 is 0. The van der Waals surface area contributed by atoms with Crippen LogP contribution in [0.25, 0.3) is 0 Å². The van der Waals surface area contributed by atoms with Crippen molar-refractivity contribution in [2.24, 2.45) is 4.36 Å². The Morgan fingerprint density at radius 2 is 2.31 bits per heavy atom. The van der Waals surface area contributed by atoms with E-state index in [0.717, 1.165) is 0 Å². The number of pyridine rings is 1. The largest absolute Gasteiger partial charge is 0.286 e. The van der Waals surface area contributed by atoms with Crippen LogP contribution < -0.4 is 0 Å². The van der Waals surface area contributed by atoms with Crippen molar-refractivity contribution in [1.82, 2.24) is 4.98 Å². The molecule has 0 N–H and O–H groups in total. The summed E-state index contributed by atoms with van der Waals surface area (Å²) in [5.74, 6) is -0.142. The minimum Gasteiger partial charge on any atom is -0.266 e. The minimum atomic E-state index is -2.38. The van der Waals surface area contributed by atoms with Crippen molar-refractivity contribution in [3.8, 4) is 0 Å². The van der Waals surface area contributed by atoms with Gasteiger partial charge in [0.2, 0.25) is 0 Å². The Morgan fingerprint density at radius 1 is 1.54 bits per heavy atom. The molecule has 1 unspecified atom stereocenters. The number of aromatic nitrogens is 1. The maximum atomic E-state index is 11.6. The number of amides is 1. The highest BCUT2D eigenvalue weighted by atomic mass is 32.2. The van der Waals surface area contributed by atoms with Gasteiger partial charge in [-0.1, -0.05) is 0 Å². The predicted octanol–water partition coefficient (Wildman–Crippen LogP) is 0.833. The molecule has 0 saturated heterocycles. The van der Waals surface area contributed by atoms with E-state index in [1.54, 1.807) is 18.3 Å². The van der Waals surface area contributed by atoms with Gasteiger partial charge in [-0.25, -0.2) is 4.21 Å². The van der Waals surface area contributed by atoms with Crippen LogP contribution >= 0.6 is 0 Å². The topological polar surface area (TPSA) is 59.4 Å². The monoisotopic (exact) mass is 196 g/mol. The molecule has 2 heterocycles. The molecule has 0 saturated carbocycles. The normalized spacial score (nSPS) is 26.4. The van der Waals surface area contributed by atoms with Gasteiger partial charge in [0, 0.05) is 12.5 Å². The molecule has 0 spiro atoms. The third-order valence-corrected chi connectivity index (χ3v) is 3.16. The molecule has 2 rings (SSSR count). The SMILES string of the molecule is CS1(=O)=NC(=O)c2cccnc2C1. The van der Waals surface area contributed by atoms with Gasteiger partial charge >= 0.3 is 0 Å². The molecule has 1 aromatic rings. The third kappa shape index (κ3) is 1.47. The van der Waals surface area contributed by atoms with Crippen LogP contribution in [0.3, 0.4) is 0 Å². The van der Waals surface area contributed by atoms with E-state index >= 15 is 0 Å². The van der Waals surface area contributed by atoms with Crippen LogP contribution in [-0.2, 0) is 15.5 Å². The molecule has 4 nitrogen and oxygen atoms in total. The number of carbonyl (C=O) groups is 1. The standard InChI is InChI=1S/C8H8N2O2S/c1-13(12)5-7-6(8(11)10-13)3-2-4-9-7/h2-4H,5H2,1H3. The zero-order chi connectivity index (χ0) is 9.47. The summed E-state index contributed by atoms with van der Waals surface area (Å²) in [5.41, 5.74) is 1.07. The number of rotatable bonds is 0. The van der Waals surface area contributed by atoms with Crippen molar-refractivity contribution >= 4 is 15.6 Å². The van der Waals surface area contributed by atoms with Crippen LogP contribution in [0.1, 0.15) is 16.1 Å². The van der Waals surface area contributed by atoms with Crippen LogP contribution in [0.4, 0.5) is 0 Å². The second kappa shape index (κ2) is 2.63. The molecule has 13 heavy (non-hydrogen) atoms. The molecule has 1 aromatic heterocycles. The van der Waals surface area contributed by atoms with Gasteiger partial charge in [0.05, 0.1) is 26.7 Å². The van der Waals surface area contributed by atoms with Gasteiger partial charge in [0.15, 0.2) is 0 Å². The summed E-state index contributed by atoms with van der Waals surface area (Å²) in [6.45, 7) is 0. The van der Waals surface area contributed by atoms with E-state index in [2.05, 4.69) is 9.35 Å². The maximum absolute atomic E-state index is 11.6. The lowest BCUT2D eigenvalue weighted by Crippen LogP contribution is -2.16. The first kappa shape index (κ1) is 8.37. The van der Waals surface area contributed by atoms with E-state index < -0.39 is 15.6 Å². The molecular weight excluding hydrogens is 188 g/mol. The van der Waals surface area contributed by atoms with E-state index in [-0.39, 0.29) is 5.75 Å². The fourth-order valence-corrected chi connectivity index (χ4v) is 2.51. The second-order valence-corrected chi connectivity index (χ2v) is 5.39. The number of hydrogen-bond donors (Lipinski definition) is 0. The summed E-state index contributed by atoms with van der Waals surface area (Å²) in [6.07, 6.45) is 3.06. The summed E-state index contributed by atoms with van der Waals surface area (Å²) in [4.78, 5) is 15.3. The van der Waals surface area contributed by atoms with Crippen molar-refractivity contribution in [2.75, 3.05) is 6.26 Å². The molecule has 0 bridgehead atoms. The highest BCUT2D eigenvalue weighted by Crippen LogP contribution is 2.17. The molecule has 68 valence electrons. The molecule has 5 heteroatoms. The summed E-state index contributed by atoms with van der Waals surface area (Å²) in [7, 11) is -2.38. The van der Waals surface area contributed by atoms with E-state index in [0.29, 0.717) is 11.3 Å². The van der Waals surface area contributed by atoms with Gasteiger partial charge in [-0.3, -0.25) is 9.78 Å². The van der Waals surface area contributed by atoms with Crippen molar-refractivity contribution < 1.29 is 9.00 Å². The lowest BCUT2D eigenvalue weighted by molar-refractivity contribution is 0.100. The molecular formula is C8H8N2O2S. The zero-order valence-electron chi connectivity index (χ0n) is 7.06. The minimum absolute atomic E-state index is 0.273. The molecule has 0 aliphatic carbocycles. The number of fused-ring (bicyclic) bond motifs is 1. The molecule has 1 amide bonds. The predicted molar refractivity (Wildman–Crippen MR) is 48.8 cm³/mol. The van der Waals surface area contributed by atoms with E-state index in [1.165, 1.54) is 6.26 Å². The maximum Gasteiger partial charge on any atom is 0.286 e. The Hall–Kier alpha value is -1.23. The Morgan fingerprint density at radius 3 is 3.08 bits per heavy atom. The van der Waals surface area contributed by atoms with E-state index in [4.69, 9.17) is 0 Å². The van der Waals surface area contributed by atoms with Crippen molar-refractivity contribution in [3.63, 3.8) is 0 Å². The Bertz CT molecular complexity index is 487. The van der Waals surface area contributed by atoms with Crippen LogP contribution in [0.2, 0.25) is 0 Å². The number of hydrogen-bond acceptors (Lipinski definition) is 3. The second-order valence-electron chi connectivity index (χ2n) is 3.00. The van der Waals surface area contributed by atoms with Gasteiger partial charge in [0.1, 0.15) is 0 Å². The van der Waals surface area contributed by atoms with Crippen molar-refractivity contribution in [1.29, 1.82) is 0 Å². The van der Waals surface area contributed by atoms with Crippen LogP contribution in [0, 0.1) is 0 Å².